The van der Waals surface area contributed by atoms with Gasteiger partial charge >= 0.3 is 0 Å². The Labute approximate surface area is 109 Å². The molecule has 1 aliphatic heterocycles. The SMILES string of the molecule is CS(=O)(=O)OCC#CCCCOC1CCCCO1. The highest BCUT2D eigenvalue weighted by molar-refractivity contribution is 7.85. The molecule has 0 aromatic heterocycles. The van der Waals surface area contributed by atoms with E-state index >= 15 is 0 Å². The van der Waals surface area contributed by atoms with Crippen LogP contribution >= 0.6 is 0 Å². The molecule has 0 amide bonds. The van der Waals surface area contributed by atoms with Gasteiger partial charge in [0, 0.05) is 13.0 Å². The second-order valence-electron chi connectivity index (χ2n) is 4.09. The summed E-state index contributed by atoms with van der Waals surface area (Å²) in [5.41, 5.74) is 0. The van der Waals surface area contributed by atoms with Gasteiger partial charge in [0.25, 0.3) is 10.1 Å². The van der Waals surface area contributed by atoms with E-state index in [-0.39, 0.29) is 12.9 Å². The molecular weight excluding hydrogens is 256 g/mol. The van der Waals surface area contributed by atoms with Gasteiger partial charge in [0.1, 0.15) is 6.61 Å². The van der Waals surface area contributed by atoms with Gasteiger partial charge in [-0.2, -0.15) is 8.42 Å². The molecule has 1 unspecified atom stereocenters. The van der Waals surface area contributed by atoms with Crippen molar-refractivity contribution in [2.75, 3.05) is 26.1 Å². The molecule has 18 heavy (non-hydrogen) atoms. The van der Waals surface area contributed by atoms with Crippen LogP contribution in [0.25, 0.3) is 0 Å². The zero-order chi connectivity index (χ0) is 13.3. The first kappa shape index (κ1) is 15.4. The number of unbranched alkanes of at least 4 members (excludes halogenated alkanes) is 1. The Morgan fingerprint density at radius 2 is 2.17 bits per heavy atom. The quantitative estimate of drug-likeness (QED) is 0.415. The van der Waals surface area contributed by atoms with Crippen LogP contribution in [0, 0.1) is 11.8 Å². The van der Waals surface area contributed by atoms with Crippen LogP contribution in [0.3, 0.4) is 0 Å². The van der Waals surface area contributed by atoms with Gasteiger partial charge in [0.2, 0.25) is 0 Å². The maximum atomic E-state index is 10.6. The average Bonchev–Trinajstić information content (AvgIpc) is 2.32. The van der Waals surface area contributed by atoms with E-state index in [1.165, 1.54) is 0 Å². The maximum absolute atomic E-state index is 10.6. The van der Waals surface area contributed by atoms with E-state index in [9.17, 15) is 8.42 Å². The van der Waals surface area contributed by atoms with Crippen molar-refractivity contribution in [2.24, 2.45) is 0 Å². The molecule has 0 aliphatic carbocycles. The predicted octanol–water partition coefficient (Wildman–Crippen LogP) is 1.29. The molecule has 0 aromatic rings. The molecule has 1 rings (SSSR count). The molecule has 0 aromatic carbocycles. The van der Waals surface area contributed by atoms with Crippen molar-refractivity contribution in [3.05, 3.63) is 0 Å². The van der Waals surface area contributed by atoms with Gasteiger partial charge in [-0.25, -0.2) is 0 Å². The van der Waals surface area contributed by atoms with Gasteiger partial charge in [-0.1, -0.05) is 5.92 Å². The molecule has 1 saturated heterocycles. The Kier molecular flexibility index (Phi) is 7.28. The van der Waals surface area contributed by atoms with Gasteiger partial charge in [0.15, 0.2) is 6.29 Å². The molecule has 0 bridgehead atoms. The van der Waals surface area contributed by atoms with Crippen LogP contribution in [0.15, 0.2) is 0 Å². The molecule has 1 aliphatic rings. The lowest BCUT2D eigenvalue weighted by Gasteiger charge is -2.22. The average molecular weight is 276 g/mol. The number of rotatable bonds is 6. The molecule has 5 nitrogen and oxygen atoms in total. The highest BCUT2D eigenvalue weighted by Crippen LogP contribution is 2.13. The Hall–Kier alpha value is -0.610. The van der Waals surface area contributed by atoms with Crippen LogP contribution in [0.5, 0.6) is 0 Å². The molecule has 1 heterocycles. The van der Waals surface area contributed by atoms with Crippen LogP contribution in [0.1, 0.15) is 32.1 Å². The van der Waals surface area contributed by atoms with Crippen LogP contribution < -0.4 is 0 Å². The summed E-state index contributed by atoms with van der Waals surface area (Å²) in [6.45, 7) is 1.32. The van der Waals surface area contributed by atoms with Crippen LogP contribution in [0.4, 0.5) is 0 Å². The summed E-state index contributed by atoms with van der Waals surface area (Å²) in [4.78, 5) is 0. The van der Waals surface area contributed by atoms with Crippen LogP contribution in [-0.2, 0) is 23.8 Å². The zero-order valence-corrected chi connectivity index (χ0v) is 11.5. The molecule has 0 N–H and O–H groups in total. The highest BCUT2D eigenvalue weighted by Gasteiger charge is 2.12. The van der Waals surface area contributed by atoms with E-state index in [1.54, 1.807) is 0 Å². The fourth-order valence-electron chi connectivity index (χ4n) is 1.49. The number of hydrogen-bond acceptors (Lipinski definition) is 5. The Bertz CT molecular complexity index is 373. The first-order chi connectivity index (χ1) is 8.58. The van der Waals surface area contributed by atoms with Crippen LogP contribution in [-0.4, -0.2) is 40.8 Å². The third-order valence-corrected chi connectivity index (χ3v) is 2.90. The zero-order valence-electron chi connectivity index (χ0n) is 10.7. The van der Waals surface area contributed by atoms with Crippen molar-refractivity contribution in [2.45, 2.75) is 38.4 Å². The molecule has 6 heteroatoms. The van der Waals surface area contributed by atoms with Gasteiger partial charge in [-0.05, 0) is 25.7 Å². The van der Waals surface area contributed by atoms with Crippen molar-refractivity contribution in [3.63, 3.8) is 0 Å². The Morgan fingerprint density at radius 1 is 1.33 bits per heavy atom. The van der Waals surface area contributed by atoms with E-state index in [0.29, 0.717) is 13.0 Å². The minimum Gasteiger partial charge on any atom is -0.353 e. The summed E-state index contributed by atoms with van der Waals surface area (Å²) in [6.07, 6.45) is 5.67. The third-order valence-electron chi connectivity index (χ3n) is 2.36. The minimum atomic E-state index is -3.38. The third kappa shape index (κ3) is 8.48. The number of hydrogen-bond donors (Lipinski definition) is 0. The lowest BCUT2D eigenvalue weighted by Crippen LogP contribution is -2.22. The molecule has 1 fully saturated rings. The van der Waals surface area contributed by atoms with Crippen LogP contribution in [0.2, 0.25) is 0 Å². The summed E-state index contributed by atoms with van der Waals surface area (Å²) in [6, 6.07) is 0. The molecule has 0 saturated carbocycles. The van der Waals surface area contributed by atoms with E-state index in [1.807, 2.05) is 0 Å². The summed E-state index contributed by atoms with van der Waals surface area (Å²) in [7, 11) is -3.38. The minimum absolute atomic E-state index is 0.0553. The lowest BCUT2D eigenvalue weighted by molar-refractivity contribution is -0.162. The van der Waals surface area contributed by atoms with Gasteiger partial charge in [0.05, 0.1) is 12.9 Å². The predicted molar refractivity (Wildman–Crippen MR) is 67.3 cm³/mol. The van der Waals surface area contributed by atoms with Crippen molar-refractivity contribution in [3.8, 4) is 11.8 Å². The lowest BCUT2D eigenvalue weighted by atomic mass is 10.2. The molecule has 104 valence electrons. The second-order valence-corrected chi connectivity index (χ2v) is 5.73. The monoisotopic (exact) mass is 276 g/mol. The van der Waals surface area contributed by atoms with Crippen molar-refractivity contribution in [1.29, 1.82) is 0 Å². The fourth-order valence-corrected chi connectivity index (χ4v) is 1.77. The van der Waals surface area contributed by atoms with Crippen molar-refractivity contribution < 1.29 is 22.1 Å². The fraction of sp³-hybridized carbons (Fsp3) is 0.833. The summed E-state index contributed by atoms with van der Waals surface area (Å²) >= 11 is 0. The van der Waals surface area contributed by atoms with E-state index < -0.39 is 10.1 Å². The largest absolute Gasteiger partial charge is 0.353 e. The first-order valence-corrected chi connectivity index (χ1v) is 7.93. The Balaban J connectivity index is 1.96. The molecule has 0 radical (unpaired) electrons. The summed E-state index contributed by atoms with van der Waals surface area (Å²) < 4.78 is 36.7. The smallest absolute Gasteiger partial charge is 0.265 e. The molecule has 1 atom stereocenters. The first-order valence-electron chi connectivity index (χ1n) is 6.11. The normalized spacial score (nSPS) is 20.2. The maximum Gasteiger partial charge on any atom is 0.265 e. The Morgan fingerprint density at radius 3 is 2.83 bits per heavy atom. The highest BCUT2D eigenvalue weighted by atomic mass is 32.2. The summed E-state index contributed by atoms with van der Waals surface area (Å²) in [5, 5.41) is 0. The van der Waals surface area contributed by atoms with E-state index in [4.69, 9.17) is 9.47 Å². The van der Waals surface area contributed by atoms with Crippen molar-refractivity contribution in [1.82, 2.24) is 0 Å². The van der Waals surface area contributed by atoms with Crippen molar-refractivity contribution >= 4 is 10.1 Å². The molecule has 0 spiro atoms. The van der Waals surface area contributed by atoms with Gasteiger partial charge in [-0.15, -0.1) is 5.92 Å². The summed E-state index contributed by atoms with van der Waals surface area (Å²) in [5.74, 6) is 5.48. The number of ether oxygens (including phenoxy) is 2. The topological polar surface area (TPSA) is 61.8 Å². The van der Waals surface area contributed by atoms with E-state index in [0.717, 1.165) is 38.5 Å². The second kappa shape index (κ2) is 8.48. The standard InChI is InChI=1S/C12H20O5S/c1-18(13,14)17-11-6-3-2-5-9-15-12-8-4-7-10-16-12/h12H,2,4-5,7-11H2,1H3. The van der Waals surface area contributed by atoms with E-state index in [2.05, 4.69) is 16.0 Å². The van der Waals surface area contributed by atoms with Gasteiger partial charge < -0.3 is 9.47 Å². The van der Waals surface area contributed by atoms with Gasteiger partial charge in [-0.3, -0.25) is 4.18 Å². The molecular formula is C12H20O5S.